The first-order valence-electron chi connectivity index (χ1n) is 5.24. The van der Waals surface area contributed by atoms with Gasteiger partial charge in [0.15, 0.2) is 0 Å². The Balaban J connectivity index is 2.29. The average Bonchev–Trinajstić information content (AvgIpc) is 2.04. The van der Waals surface area contributed by atoms with Crippen LogP contribution in [0.15, 0.2) is 0 Å². The fourth-order valence-corrected chi connectivity index (χ4v) is 3.81. The molecule has 70 valence electrons. The first kappa shape index (κ1) is 8.55. The molecule has 0 spiro atoms. The molecule has 2 bridgehead atoms. The van der Waals surface area contributed by atoms with E-state index in [1.54, 1.807) is 0 Å². The largest absolute Gasteiger partial charge is 0.330 e. The Morgan fingerprint density at radius 2 is 2.00 bits per heavy atom. The van der Waals surface area contributed by atoms with Crippen LogP contribution in [-0.2, 0) is 0 Å². The first-order chi connectivity index (χ1) is 5.54. The second kappa shape index (κ2) is 2.25. The second-order valence-electron chi connectivity index (χ2n) is 5.46. The second-order valence-corrected chi connectivity index (χ2v) is 5.46. The normalized spacial score (nSPS) is 50.0. The molecule has 3 unspecified atom stereocenters. The van der Waals surface area contributed by atoms with Gasteiger partial charge in [0.05, 0.1) is 0 Å². The highest BCUT2D eigenvalue weighted by molar-refractivity contribution is 5.13. The van der Waals surface area contributed by atoms with Gasteiger partial charge in [-0.05, 0) is 48.5 Å². The summed E-state index contributed by atoms with van der Waals surface area (Å²) in [4.78, 5) is 0. The minimum atomic E-state index is 0.496. The van der Waals surface area contributed by atoms with Crippen molar-refractivity contribution in [2.24, 2.45) is 28.4 Å². The van der Waals surface area contributed by atoms with Gasteiger partial charge in [0.2, 0.25) is 0 Å². The van der Waals surface area contributed by atoms with Gasteiger partial charge in [-0.2, -0.15) is 0 Å². The molecular weight excluding hydrogens is 146 g/mol. The van der Waals surface area contributed by atoms with Crippen molar-refractivity contribution in [3.63, 3.8) is 0 Å². The third-order valence-electron chi connectivity index (χ3n) is 5.17. The lowest BCUT2D eigenvalue weighted by molar-refractivity contribution is -0.187. The molecule has 3 rings (SSSR count). The predicted molar refractivity (Wildman–Crippen MR) is 51.8 cm³/mol. The van der Waals surface area contributed by atoms with Crippen molar-refractivity contribution in [1.29, 1.82) is 0 Å². The zero-order valence-corrected chi connectivity index (χ0v) is 8.56. The van der Waals surface area contributed by atoms with Crippen LogP contribution in [0.2, 0.25) is 0 Å². The van der Waals surface area contributed by atoms with Crippen LogP contribution in [0.1, 0.15) is 40.0 Å². The van der Waals surface area contributed by atoms with Gasteiger partial charge in [0.25, 0.3) is 0 Å². The van der Waals surface area contributed by atoms with Gasteiger partial charge in [0.1, 0.15) is 0 Å². The van der Waals surface area contributed by atoms with Gasteiger partial charge >= 0.3 is 0 Å². The standard InChI is InChI=1S/C11H21N/c1-8-4-5-9-6-11(8,7-12)10(9,2)3/h8-9H,4-7,12H2,1-3H3. The minimum Gasteiger partial charge on any atom is -0.330 e. The SMILES string of the molecule is CC1CCC2CC1(CN)C2(C)C. The molecular formula is C11H21N. The van der Waals surface area contributed by atoms with Gasteiger partial charge in [-0.1, -0.05) is 20.8 Å². The summed E-state index contributed by atoms with van der Waals surface area (Å²) < 4.78 is 0. The van der Waals surface area contributed by atoms with E-state index in [1.807, 2.05) is 0 Å². The van der Waals surface area contributed by atoms with E-state index in [2.05, 4.69) is 20.8 Å². The molecule has 0 aromatic carbocycles. The Kier molecular flexibility index (Phi) is 1.61. The van der Waals surface area contributed by atoms with Gasteiger partial charge in [0, 0.05) is 0 Å². The summed E-state index contributed by atoms with van der Waals surface area (Å²) in [5, 5.41) is 0. The lowest BCUT2D eigenvalue weighted by Gasteiger charge is -2.68. The number of rotatable bonds is 1. The lowest BCUT2D eigenvalue weighted by atomic mass is 9.37. The molecule has 0 aromatic rings. The van der Waals surface area contributed by atoms with Gasteiger partial charge in [-0.3, -0.25) is 0 Å². The molecule has 0 radical (unpaired) electrons. The number of fused-ring (bicyclic) bond motifs is 2. The van der Waals surface area contributed by atoms with E-state index >= 15 is 0 Å². The van der Waals surface area contributed by atoms with Crippen LogP contribution in [0.5, 0.6) is 0 Å². The monoisotopic (exact) mass is 167 g/mol. The zero-order valence-electron chi connectivity index (χ0n) is 8.56. The van der Waals surface area contributed by atoms with Crippen LogP contribution in [-0.4, -0.2) is 6.54 Å². The molecule has 0 aliphatic heterocycles. The summed E-state index contributed by atoms with van der Waals surface area (Å²) in [6.45, 7) is 8.13. The first-order valence-corrected chi connectivity index (χ1v) is 5.24. The number of hydrogen-bond acceptors (Lipinski definition) is 1. The highest BCUT2D eigenvalue weighted by atomic mass is 14.7. The Labute approximate surface area is 75.7 Å². The molecule has 2 N–H and O–H groups in total. The topological polar surface area (TPSA) is 26.0 Å². The maximum atomic E-state index is 5.94. The van der Waals surface area contributed by atoms with Crippen molar-refractivity contribution in [3.05, 3.63) is 0 Å². The summed E-state index contributed by atoms with van der Waals surface area (Å²) in [6.07, 6.45) is 4.25. The Morgan fingerprint density at radius 1 is 1.33 bits per heavy atom. The van der Waals surface area contributed by atoms with E-state index in [0.717, 1.165) is 18.4 Å². The summed E-state index contributed by atoms with van der Waals surface area (Å²) in [6, 6.07) is 0. The molecule has 0 saturated heterocycles. The fraction of sp³-hybridized carbons (Fsp3) is 1.00. The van der Waals surface area contributed by atoms with E-state index < -0.39 is 0 Å². The van der Waals surface area contributed by atoms with Crippen molar-refractivity contribution >= 4 is 0 Å². The number of nitrogens with two attached hydrogens (primary N) is 1. The molecule has 3 atom stereocenters. The smallest absolute Gasteiger partial charge is 0.00126 e. The van der Waals surface area contributed by atoms with Crippen LogP contribution in [0.4, 0.5) is 0 Å². The molecule has 0 heterocycles. The quantitative estimate of drug-likeness (QED) is 0.637. The molecule has 0 amide bonds. The molecule has 0 aromatic heterocycles. The highest BCUT2D eigenvalue weighted by Crippen LogP contribution is 2.69. The summed E-state index contributed by atoms with van der Waals surface area (Å²) in [7, 11) is 0. The van der Waals surface area contributed by atoms with Crippen molar-refractivity contribution in [3.8, 4) is 0 Å². The maximum absolute atomic E-state index is 5.94. The van der Waals surface area contributed by atoms with E-state index in [0.29, 0.717) is 10.8 Å². The molecule has 1 heteroatoms. The molecule has 3 aliphatic carbocycles. The van der Waals surface area contributed by atoms with Crippen molar-refractivity contribution in [2.45, 2.75) is 40.0 Å². The van der Waals surface area contributed by atoms with E-state index in [-0.39, 0.29) is 0 Å². The van der Waals surface area contributed by atoms with Gasteiger partial charge in [-0.25, -0.2) is 0 Å². The summed E-state index contributed by atoms with van der Waals surface area (Å²) in [5.41, 5.74) is 6.96. The fourth-order valence-electron chi connectivity index (χ4n) is 3.81. The maximum Gasteiger partial charge on any atom is -0.00126 e. The Bertz CT molecular complexity index is 197. The zero-order chi connectivity index (χ0) is 8.98. The lowest BCUT2D eigenvalue weighted by Crippen LogP contribution is -2.64. The average molecular weight is 167 g/mol. The van der Waals surface area contributed by atoms with Crippen LogP contribution < -0.4 is 5.73 Å². The number of hydrogen-bond donors (Lipinski definition) is 1. The van der Waals surface area contributed by atoms with E-state index in [9.17, 15) is 0 Å². The van der Waals surface area contributed by atoms with E-state index in [4.69, 9.17) is 5.73 Å². The molecule has 12 heavy (non-hydrogen) atoms. The van der Waals surface area contributed by atoms with Crippen LogP contribution in [0.25, 0.3) is 0 Å². The van der Waals surface area contributed by atoms with Crippen LogP contribution >= 0.6 is 0 Å². The van der Waals surface area contributed by atoms with Crippen LogP contribution in [0.3, 0.4) is 0 Å². The molecule has 1 nitrogen and oxygen atoms in total. The minimum absolute atomic E-state index is 0.496. The molecule has 3 aliphatic rings. The van der Waals surface area contributed by atoms with Crippen LogP contribution in [0, 0.1) is 22.7 Å². The Hall–Kier alpha value is -0.0400. The van der Waals surface area contributed by atoms with Crippen molar-refractivity contribution in [2.75, 3.05) is 6.54 Å². The van der Waals surface area contributed by atoms with E-state index in [1.165, 1.54) is 19.3 Å². The third-order valence-corrected chi connectivity index (χ3v) is 5.17. The molecule has 3 saturated carbocycles. The Morgan fingerprint density at radius 3 is 2.33 bits per heavy atom. The van der Waals surface area contributed by atoms with Crippen molar-refractivity contribution < 1.29 is 0 Å². The summed E-state index contributed by atoms with van der Waals surface area (Å²) >= 11 is 0. The summed E-state index contributed by atoms with van der Waals surface area (Å²) in [5.74, 6) is 1.82. The third kappa shape index (κ3) is 0.693. The van der Waals surface area contributed by atoms with Crippen molar-refractivity contribution in [1.82, 2.24) is 0 Å². The molecule has 3 fully saturated rings. The van der Waals surface area contributed by atoms with Gasteiger partial charge < -0.3 is 5.73 Å². The predicted octanol–water partition coefficient (Wildman–Crippen LogP) is 2.41. The highest BCUT2D eigenvalue weighted by Gasteiger charge is 2.63. The van der Waals surface area contributed by atoms with Gasteiger partial charge in [-0.15, -0.1) is 0 Å².